The third-order valence-corrected chi connectivity index (χ3v) is 6.39. The zero-order chi connectivity index (χ0) is 22.6. The molecule has 0 unspecified atom stereocenters. The van der Waals surface area contributed by atoms with Gasteiger partial charge in [-0.1, -0.05) is 54.6 Å². The van der Waals surface area contributed by atoms with Gasteiger partial charge in [0, 0.05) is 31.1 Å². The van der Waals surface area contributed by atoms with Gasteiger partial charge in [-0.2, -0.15) is 4.98 Å². The molecule has 3 heterocycles. The first-order chi connectivity index (χ1) is 16.1. The molecule has 2 N–H and O–H groups in total. The summed E-state index contributed by atoms with van der Waals surface area (Å²) in [6.45, 7) is 4.77. The number of likely N-dealkylation sites (tertiary alicyclic amines) is 1. The van der Waals surface area contributed by atoms with Crippen LogP contribution in [0.15, 0.2) is 60.7 Å². The number of nitrogens with two attached hydrogens (primary N) is 1. The molecule has 5 rings (SSSR count). The molecule has 1 aromatic heterocycles. The van der Waals surface area contributed by atoms with E-state index in [2.05, 4.69) is 39.0 Å². The second-order valence-electron chi connectivity index (χ2n) is 8.99. The maximum Gasteiger partial charge on any atom is 0.217 e. The van der Waals surface area contributed by atoms with E-state index in [4.69, 9.17) is 10.5 Å². The molecule has 1 fully saturated rings. The smallest absolute Gasteiger partial charge is 0.217 e. The number of ether oxygens (including phenoxy) is 1. The molecule has 1 saturated heterocycles. The van der Waals surface area contributed by atoms with E-state index in [1.54, 1.807) is 0 Å². The van der Waals surface area contributed by atoms with Crippen molar-refractivity contribution in [2.24, 2.45) is 0 Å². The number of carbonyl (C=O) groups excluding carboxylic acids is 1. The highest BCUT2D eigenvalue weighted by molar-refractivity contribution is 5.92. The maximum absolute atomic E-state index is 12.5. The lowest BCUT2D eigenvalue weighted by Gasteiger charge is -2.31. The fourth-order valence-corrected chi connectivity index (χ4v) is 4.76. The van der Waals surface area contributed by atoms with E-state index < -0.39 is 0 Å². The molecule has 2 aliphatic rings. The number of aromatic nitrogens is 1. The Morgan fingerprint density at radius 1 is 0.909 bits per heavy atom. The fraction of sp³-hybridized carbons (Fsp3) is 0.333. The molecule has 2 aromatic carbocycles. The normalized spacial score (nSPS) is 16.1. The minimum atomic E-state index is 0.155. The van der Waals surface area contributed by atoms with Gasteiger partial charge in [-0.25, -0.2) is 0 Å². The summed E-state index contributed by atoms with van der Waals surface area (Å²) in [5.41, 5.74) is 11.6. The number of anilines is 2. The molecule has 0 radical (unpaired) electrons. The standard InChI is InChI=1S/C27H30N4O2/c28-27-24-14-23(32)18-31(17-22-10-6-9-21(13-22)16-30-11-4-5-12-30)25(24)15-26(29-27)33-19-20-7-2-1-3-8-20/h1-3,6-10,13,15H,4-5,11-12,14,16-19H2,(H2,28,29). The molecule has 170 valence electrons. The largest absolute Gasteiger partial charge is 0.473 e. The van der Waals surface area contributed by atoms with Gasteiger partial charge in [0.05, 0.1) is 12.2 Å². The van der Waals surface area contributed by atoms with Crippen molar-refractivity contribution in [1.82, 2.24) is 9.88 Å². The number of carbonyl (C=O) groups is 1. The van der Waals surface area contributed by atoms with Crippen LogP contribution in [0.5, 0.6) is 5.88 Å². The number of ketones is 1. The molecule has 6 nitrogen and oxygen atoms in total. The predicted molar refractivity (Wildman–Crippen MR) is 130 cm³/mol. The molecule has 0 spiro atoms. The predicted octanol–water partition coefficient (Wildman–Crippen LogP) is 3.97. The van der Waals surface area contributed by atoms with Gasteiger partial charge in [0.2, 0.25) is 5.88 Å². The Bertz CT molecular complexity index is 1130. The second kappa shape index (κ2) is 9.63. The van der Waals surface area contributed by atoms with Gasteiger partial charge < -0.3 is 15.4 Å². The van der Waals surface area contributed by atoms with E-state index in [-0.39, 0.29) is 5.78 Å². The number of nitrogen functional groups attached to an aromatic ring is 1. The molecule has 0 bridgehead atoms. The Morgan fingerprint density at radius 3 is 2.42 bits per heavy atom. The molecular formula is C27H30N4O2. The van der Waals surface area contributed by atoms with Crippen LogP contribution in [0.25, 0.3) is 0 Å². The number of hydrogen-bond donors (Lipinski definition) is 1. The molecule has 0 amide bonds. The SMILES string of the molecule is Nc1nc(OCc2ccccc2)cc2c1CC(=O)CN2Cc1cccc(CN2CCCC2)c1. The third kappa shape index (κ3) is 5.17. The summed E-state index contributed by atoms with van der Waals surface area (Å²) in [7, 11) is 0. The van der Waals surface area contributed by atoms with Crippen molar-refractivity contribution in [2.75, 3.05) is 30.3 Å². The number of Topliss-reactive ketones (excluding diaryl/α,β-unsaturated/α-hetero) is 1. The second-order valence-corrected chi connectivity index (χ2v) is 8.99. The first-order valence-corrected chi connectivity index (χ1v) is 11.7. The highest BCUT2D eigenvalue weighted by Gasteiger charge is 2.26. The highest BCUT2D eigenvalue weighted by atomic mass is 16.5. The van der Waals surface area contributed by atoms with Crippen LogP contribution in [0.3, 0.4) is 0 Å². The molecular weight excluding hydrogens is 412 g/mol. The summed E-state index contributed by atoms with van der Waals surface area (Å²) in [6, 6.07) is 20.6. The van der Waals surface area contributed by atoms with Crippen molar-refractivity contribution < 1.29 is 9.53 Å². The number of pyridine rings is 1. The highest BCUT2D eigenvalue weighted by Crippen LogP contribution is 2.34. The molecule has 6 heteroatoms. The number of hydrogen-bond acceptors (Lipinski definition) is 6. The Hall–Kier alpha value is -3.38. The van der Waals surface area contributed by atoms with Crippen molar-refractivity contribution in [3.63, 3.8) is 0 Å². The van der Waals surface area contributed by atoms with Crippen LogP contribution in [0.2, 0.25) is 0 Å². The van der Waals surface area contributed by atoms with Gasteiger partial charge in [-0.15, -0.1) is 0 Å². The number of rotatable bonds is 7. The maximum atomic E-state index is 12.5. The van der Waals surface area contributed by atoms with Gasteiger partial charge in [0.1, 0.15) is 12.4 Å². The summed E-state index contributed by atoms with van der Waals surface area (Å²) >= 11 is 0. The molecule has 3 aromatic rings. The van der Waals surface area contributed by atoms with Gasteiger partial charge in [-0.05, 0) is 42.6 Å². The van der Waals surface area contributed by atoms with Gasteiger partial charge >= 0.3 is 0 Å². The van der Waals surface area contributed by atoms with E-state index in [0.29, 0.717) is 37.8 Å². The molecule has 0 aliphatic carbocycles. The minimum absolute atomic E-state index is 0.155. The van der Waals surface area contributed by atoms with Gasteiger partial charge in [0.15, 0.2) is 5.78 Å². The Morgan fingerprint density at radius 2 is 1.64 bits per heavy atom. The quantitative estimate of drug-likeness (QED) is 0.597. The van der Waals surface area contributed by atoms with E-state index in [0.717, 1.165) is 23.4 Å². The van der Waals surface area contributed by atoms with E-state index >= 15 is 0 Å². The summed E-state index contributed by atoms with van der Waals surface area (Å²) in [4.78, 5) is 21.5. The van der Waals surface area contributed by atoms with E-state index in [9.17, 15) is 4.79 Å². The number of fused-ring (bicyclic) bond motifs is 1. The van der Waals surface area contributed by atoms with Crippen molar-refractivity contribution in [1.29, 1.82) is 0 Å². The lowest BCUT2D eigenvalue weighted by Crippen LogP contribution is -2.36. The average molecular weight is 443 g/mol. The number of benzene rings is 2. The zero-order valence-electron chi connectivity index (χ0n) is 18.9. The Labute approximate surface area is 195 Å². The minimum Gasteiger partial charge on any atom is -0.473 e. The van der Waals surface area contributed by atoms with Gasteiger partial charge in [-0.3, -0.25) is 9.69 Å². The fourth-order valence-electron chi connectivity index (χ4n) is 4.76. The Kier molecular flexibility index (Phi) is 6.26. The molecule has 33 heavy (non-hydrogen) atoms. The van der Waals surface area contributed by atoms with Crippen LogP contribution in [-0.2, 0) is 30.9 Å². The van der Waals surface area contributed by atoms with E-state index in [1.807, 2.05) is 36.4 Å². The third-order valence-electron chi connectivity index (χ3n) is 6.39. The molecule has 0 saturated carbocycles. The summed E-state index contributed by atoms with van der Waals surface area (Å²) in [5, 5.41) is 0. The summed E-state index contributed by atoms with van der Waals surface area (Å²) in [6.07, 6.45) is 2.89. The Balaban J connectivity index is 1.36. The first kappa shape index (κ1) is 21.5. The summed E-state index contributed by atoms with van der Waals surface area (Å²) < 4.78 is 5.95. The topological polar surface area (TPSA) is 71.7 Å². The zero-order valence-corrected chi connectivity index (χ0v) is 18.9. The lowest BCUT2D eigenvalue weighted by atomic mass is 10.0. The molecule has 0 atom stereocenters. The number of nitrogens with zero attached hydrogens (tertiary/aromatic N) is 3. The van der Waals surface area contributed by atoms with Crippen molar-refractivity contribution in [3.8, 4) is 5.88 Å². The van der Waals surface area contributed by atoms with Crippen LogP contribution >= 0.6 is 0 Å². The van der Waals surface area contributed by atoms with Crippen LogP contribution < -0.4 is 15.4 Å². The van der Waals surface area contributed by atoms with Crippen molar-refractivity contribution in [3.05, 3.63) is 82.9 Å². The van der Waals surface area contributed by atoms with Crippen molar-refractivity contribution >= 4 is 17.3 Å². The molecule has 2 aliphatic heterocycles. The van der Waals surface area contributed by atoms with Crippen LogP contribution in [0.4, 0.5) is 11.5 Å². The van der Waals surface area contributed by atoms with Crippen molar-refractivity contribution in [2.45, 2.75) is 39.0 Å². The lowest BCUT2D eigenvalue weighted by molar-refractivity contribution is -0.117. The van der Waals surface area contributed by atoms with E-state index in [1.165, 1.54) is 37.1 Å². The van der Waals surface area contributed by atoms with Crippen LogP contribution in [0.1, 0.15) is 35.1 Å². The average Bonchev–Trinajstić information content (AvgIpc) is 3.32. The summed E-state index contributed by atoms with van der Waals surface area (Å²) in [5.74, 6) is 1.01. The first-order valence-electron chi connectivity index (χ1n) is 11.7. The van der Waals surface area contributed by atoms with Gasteiger partial charge in [0.25, 0.3) is 0 Å². The van der Waals surface area contributed by atoms with Crippen LogP contribution in [0, 0.1) is 0 Å². The monoisotopic (exact) mass is 442 g/mol. The van der Waals surface area contributed by atoms with Crippen LogP contribution in [-0.4, -0.2) is 35.3 Å².